The fourth-order valence-corrected chi connectivity index (χ4v) is 6.97. The molecule has 2 aromatic rings. The van der Waals surface area contributed by atoms with E-state index in [1.165, 1.54) is 33.2 Å². The number of carboxylic acids is 1. The number of aliphatic hydroxyl groups excluding tert-OH is 1. The van der Waals surface area contributed by atoms with Gasteiger partial charge in [-0.25, -0.2) is 0 Å². The first kappa shape index (κ1) is 72.1. The standard InChI is InChI=1S/C18H28O9.C9H14O4.2C7H14N4.C2H6O.CH4.N3.Na/c1-6-11(24-4)14(15(19)20)10(17(22)26-7-2)8-12(25-5)13-9(3)16(21)27-18(13)23;1-4-6(12-3)7-5(2)8(10)13-9(7)11;2*1-10(2)5-3-6-11-7-4-8-9-11;1-2-3;;1-3-2;/h9-14H,6-8H2,1-5H3,(H,19,20);5-7H,4H2,1-3H3;2*4,7H,3,5-6H2,1-2H3;3H,2H2,1H3;1H4;;/q;;;;;;-1;+1. The monoisotopic (exact) mass is 1010 g/mol. The van der Waals surface area contributed by atoms with E-state index in [1.54, 1.807) is 40.1 Å². The first-order valence-corrected chi connectivity index (χ1v) is 22.3. The van der Waals surface area contributed by atoms with Crippen LogP contribution in [0.1, 0.15) is 81.1 Å². The molecule has 0 aliphatic carbocycles. The molecule has 70 heavy (non-hydrogen) atoms. The summed E-state index contributed by atoms with van der Waals surface area (Å²) < 4.78 is 33.7. The molecule has 2 aliphatic rings. The number of carboxylic acid groups (broad SMARTS) is 1. The van der Waals surface area contributed by atoms with E-state index >= 15 is 0 Å². The predicted octanol–water partition coefficient (Wildman–Crippen LogP) is 0.744. The van der Waals surface area contributed by atoms with Crippen LogP contribution in [0.25, 0.3) is 16.0 Å². The fourth-order valence-electron chi connectivity index (χ4n) is 6.97. The number of methoxy groups -OCH3 is 3. The van der Waals surface area contributed by atoms with Gasteiger partial charge in [0.25, 0.3) is 0 Å². The third kappa shape index (κ3) is 27.8. The van der Waals surface area contributed by atoms with E-state index in [0.29, 0.717) is 12.8 Å². The number of nitrogens with zero attached hydrogens (tertiary/aromatic N) is 11. The number of aliphatic carboxylic acids is 1. The molecule has 0 spiro atoms. The molecule has 4 heterocycles. The number of carbonyl (C=O) groups excluding carboxylic acids is 5. The number of esters is 5. The maximum atomic E-state index is 12.5. The minimum atomic E-state index is -1.21. The van der Waals surface area contributed by atoms with Gasteiger partial charge in [0.1, 0.15) is 0 Å². The summed E-state index contributed by atoms with van der Waals surface area (Å²) in [6.45, 7) is 14.6. The molecule has 0 radical (unpaired) electrons. The number of rotatable bonds is 22. The van der Waals surface area contributed by atoms with Crippen molar-refractivity contribution in [1.82, 2.24) is 39.8 Å². The second kappa shape index (κ2) is 42.3. The molecule has 2 fully saturated rings. The molecule has 396 valence electrons. The number of ether oxygens (including phenoxy) is 6. The Bertz CT molecular complexity index is 1680. The molecule has 2 saturated heterocycles. The molecule has 26 heteroatoms. The summed E-state index contributed by atoms with van der Waals surface area (Å²) in [5.41, 5.74) is 13.5. The summed E-state index contributed by atoms with van der Waals surface area (Å²) >= 11 is 0. The molecule has 2 aromatic heterocycles. The zero-order valence-electron chi connectivity index (χ0n) is 43.0. The van der Waals surface area contributed by atoms with E-state index in [0.717, 1.165) is 39.0 Å². The van der Waals surface area contributed by atoms with Crippen molar-refractivity contribution < 1.29 is 97.0 Å². The third-order valence-corrected chi connectivity index (χ3v) is 10.4. The van der Waals surface area contributed by atoms with Gasteiger partial charge < -0.3 is 59.5 Å². The zero-order chi connectivity index (χ0) is 52.4. The Morgan fingerprint density at radius 3 is 1.41 bits per heavy atom. The summed E-state index contributed by atoms with van der Waals surface area (Å²) in [4.78, 5) is 76.3. The van der Waals surface area contributed by atoms with E-state index in [9.17, 15) is 33.9 Å². The molecule has 2 N–H and O–H groups in total. The summed E-state index contributed by atoms with van der Waals surface area (Å²) in [5.74, 6) is -9.02. The molecule has 4 rings (SSSR count). The Balaban J connectivity index is -0.000000425. The second-order valence-corrected chi connectivity index (χ2v) is 15.8. The minimum absolute atomic E-state index is 0. The molecule has 9 atom stereocenters. The molecule has 9 unspecified atom stereocenters. The van der Waals surface area contributed by atoms with E-state index in [2.05, 4.69) is 68.1 Å². The molecule has 0 amide bonds. The van der Waals surface area contributed by atoms with Crippen LogP contribution in [0.15, 0.2) is 24.8 Å². The number of hydrogen-bond donors (Lipinski definition) is 2. The van der Waals surface area contributed by atoms with Crippen molar-refractivity contribution in [1.29, 1.82) is 0 Å². The van der Waals surface area contributed by atoms with Crippen LogP contribution in [0.2, 0.25) is 0 Å². The Morgan fingerprint density at radius 2 is 1.16 bits per heavy atom. The van der Waals surface area contributed by atoms with Gasteiger partial charge in [0.05, 0.1) is 72.8 Å². The van der Waals surface area contributed by atoms with Crippen LogP contribution in [0.4, 0.5) is 0 Å². The van der Waals surface area contributed by atoms with Crippen LogP contribution >= 0.6 is 0 Å². The molecule has 0 saturated carbocycles. The van der Waals surface area contributed by atoms with E-state index < -0.39 is 77.6 Å². The quantitative estimate of drug-likeness (QED) is 0.0312. The number of hydrogen-bond acceptors (Lipinski definition) is 19. The SMILES string of the molecule is C.CCC(OC)C1C(=O)OC(=O)C1C.CCO.CCOC(=O)C(CC(OC)C1C(=O)OC(=O)C1C)C(C(=O)O)C(CC)OC.CN(C)CCCn1ccnn1.CN(C)CCCn1ccnn1.[N-]=[N+]=[N-].[Na+]. The van der Waals surface area contributed by atoms with Crippen LogP contribution in [-0.2, 0) is 70.3 Å². The van der Waals surface area contributed by atoms with Crippen molar-refractivity contribution in [3.05, 3.63) is 40.8 Å². The van der Waals surface area contributed by atoms with Gasteiger partial charge in [-0.1, -0.05) is 45.5 Å². The van der Waals surface area contributed by atoms with Gasteiger partial charge in [0.2, 0.25) is 0 Å². The van der Waals surface area contributed by atoms with Gasteiger partial charge in [-0.3, -0.25) is 43.0 Å². The summed E-state index contributed by atoms with van der Waals surface area (Å²) in [7, 11) is 12.5. The van der Waals surface area contributed by atoms with Crippen LogP contribution in [0.3, 0.4) is 0 Å². The zero-order valence-corrected chi connectivity index (χ0v) is 45.0. The van der Waals surface area contributed by atoms with Gasteiger partial charge in [-0.05, 0) is 87.2 Å². The smallest absolute Gasteiger partial charge is 0.481 e. The van der Waals surface area contributed by atoms with Crippen molar-refractivity contribution in [3.8, 4) is 0 Å². The van der Waals surface area contributed by atoms with Gasteiger partial charge in [0, 0.05) is 53.4 Å². The average Bonchev–Trinajstić information content (AvgIpc) is 4.10. The second-order valence-electron chi connectivity index (χ2n) is 15.8. The molecular weight excluding hydrogens is 930 g/mol. The van der Waals surface area contributed by atoms with Crippen LogP contribution < -0.4 is 29.6 Å². The third-order valence-electron chi connectivity index (χ3n) is 10.4. The maximum Gasteiger partial charge on any atom is 1.00 e. The first-order chi connectivity index (χ1) is 32.2. The van der Waals surface area contributed by atoms with Crippen molar-refractivity contribution in [2.24, 2.45) is 35.5 Å². The summed E-state index contributed by atoms with van der Waals surface area (Å²) in [6.07, 6.45) is 8.53. The number of aromatic nitrogens is 6. The van der Waals surface area contributed by atoms with Crippen molar-refractivity contribution in [2.75, 3.05) is 75.8 Å². The molecular formula is C44H80N11NaO14. The topological polar surface area (TPSA) is 325 Å². The normalized spacial score (nSPS) is 18.7. The first-order valence-electron chi connectivity index (χ1n) is 22.3. The number of cyclic esters (lactones) is 4. The number of carbonyl (C=O) groups is 6. The summed E-state index contributed by atoms with van der Waals surface area (Å²) in [6, 6.07) is 0. The van der Waals surface area contributed by atoms with Gasteiger partial charge in [-0.15, -0.1) is 10.2 Å². The predicted molar refractivity (Wildman–Crippen MR) is 252 cm³/mol. The maximum absolute atomic E-state index is 12.5. The van der Waals surface area contributed by atoms with Gasteiger partial charge in [0.15, 0.2) is 0 Å². The summed E-state index contributed by atoms with van der Waals surface area (Å²) in [5, 5.41) is 32.4. The fraction of sp³-hybridized carbons (Fsp3) is 0.773. The van der Waals surface area contributed by atoms with E-state index in [-0.39, 0.29) is 68.6 Å². The molecule has 2 aliphatic heterocycles. The largest absolute Gasteiger partial charge is 1.00 e. The Kier molecular flexibility index (Phi) is 43.5. The van der Waals surface area contributed by atoms with E-state index in [4.69, 9.17) is 35.1 Å². The molecule has 0 bridgehead atoms. The van der Waals surface area contributed by atoms with Crippen molar-refractivity contribution in [2.45, 2.75) is 112 Å². The van der Waals surface area contributed by atoms with Crippen molar-refractivity contribution in [3.63, 3.8) is 0 Å². The van der Waals surface area contributed by atoms with Crippen LogP contribution in [-0.4, -0.2) is 180 Å². The number of aryl methyl sites for hydroxylation is 2. The van der Waals surface area contributed by atoms with E-state index in [1.807, 2.05) is 28.7 Å². The van der Waals surface area contributed by atoms with Crippen molar-refractivity contribution >= 4 is 35.8 Å². The average molecular weight is 1010 g/mol. The van der Waals surface area contributed by atoms with Crippen LogP contribution in [0.5, 0.6) is 0 Å². The minimum Gasteiger partial charge on any atom is -0.481 e. The molecule has 0 aromatic carbocycles. The Morgan fingerprint density at radius 1 is 0.757 bits per heavy atom. The molecule has 25 nitrogen and oxygen atoms in total. The Labute approximate surface area is 435 Å². The van der Waals surface area contributed by atoms with Gasteiger partial charge >= 0.3 is 65.4 Å². The Hall–Kier alpha value is -4.43. The van der Waals surface area contributed by atoms with Gasteiger partial charge in [-0.2, -0.15) is 0 Å². The van der Waals surface area contributed by atoms with Crippen LogP contribution in [0, 0.1) is 35.5 Å². The number of aliphatic hydroxyl groups is 1.